The van der Waals surface area contributed by atoms with Crippen LogP contribution in [0.4, 0.5) is 17.6 Å². The fourth-order valence-corrected chi connectivity index (χ4v) is 1.93. The van der Waals surface area contributed by atoms with Gasteiger partial charge >= 0.3 is 0 Å². The Morgan fingerprint density at radius 3 is 2.25 bits per heavy atom. The molecule has 0 aromatic heterocycles. The molecule has 2 rings (SSSR count). The maximum absolute atomic E-state index is 13.8. The second-order valence-corrected chi connectivity index (χ2v) is 4.54. The normalized spacial score (nSPS) is 10.7. The highest BCUT2D eigenvalue weighted by molar-refractivity contribution is 6.35. The fraction of sp³-hybridized carbons (Fsp3) is 0.0714. The molecule has 0 N–H and O–H groups in total. The van der Waals surface area contributed by atoms with E-state index in [1.165, 1.54) is 6.92 Å². The summed E-state index contributed by atoms with van der Waals surface area (Å²) in [6, 6.07) is 3.17. The third-order valence-electron chi connectivity index (χ3n) is 2.77. The molecule has 1 nitrogen and oxygen atoms in total. The Morgan fingerprint density at radius 2 is 1.60 bits per heavy atom. The van der Waals surface area contributed by atoms with Gasteiger partial charge in [0.25, 0.3) is 0 Å². The van der Waals surface area contributed by atoms with Gasteiger partial charge in [0.15, 0.2) is 11.6 Å². The zero-order valence-corrected chi connectivity index (χ0v) is 10.9. The van der Waals surface area contributed by atoms with Gasteiger partial charge in [-0.25, -0.2) is 17.6 Å². The lowest BCUT2D eigenvalue weighted by atomic mass is 10.00. The quantitative estimate of drug-likeness (QED) is 0.455. The first-order valence-corrected chi connectivity index (χ1v) is 5.84. The van der Waals surface area contributed by atoms with Gasteiger partial charge in [-0.05, 0) is 30.7 Å². The highest BCUT2D eigenvalue weighted by atomic mass is 35.5. The van der Waals surface area contributed by atoms with E-state index in [9.17, 15) is 22.4 Å². The molecule has 0 bridgehead atoms. The van der Waals surface area contributed by atoms with Crippen molar-refractivity contribution in [3.63, 3.8) is 0 Å². The second-order valence-electron chi connectivity index (χ2n) is 4.13. The highest BCUT2D eigenvalue weighted by Gasteiger charge is 2.23. The largest absolute Gasteiger partial charge is 0.288 e. The van der Waals surface area contributed by atoms with Crippen molar-refractivity contribution in [1.82, 2.24) is 0 Å². The Labute approximate surface area is 116 Å². The van der Waals surface area contributed by atoms with Crippen molar-refractivity contribution in [2.45, 2.75) is 6.92 Å². The molecule has 0 aliphatic rings. The lowest BCUT2D eigenvalue weighted by molar-refractivity contribution is 0.103. The van der Waals surface area contributed by atoms with E-state index >= 15 is 0 Å². The van der Waals surface area contributed by atoms with E-state index in [1.54, 1.807) is 0 Å². The maximum Gasteiger partial charge on any atom is 0.200 e. The molecule has 104 valence electrons. The Hall–Kier alpha value is -1.88. The predicted octanol–water partition coefficient (Wildman–Crippen LogP) is 4.44. The van der Waals surface area contributed by atoms with Gasteiger partial charge in [-0.1, -0.05) is 17.7 Å². The van der Waals surface area contributed by atoms with Gasteiger partial charge in [-0.15, -0.1) is 0 Å². The summed E-state index contributed by atoms with van der Waals surface area (Å²) in [5, 5.41) is -0.422. The van der Waals surface area contributed by atoms with Crippen molar-refractivity contribution in [2.24, 2.45) is 0 Å². The molecule has 0 atom stereocenters. The van der Waals surface area contributed by atoms with Crippen LogP contribution in [0.3, 0.4) is 0 Å². The number of aryl methyl sites for hydroxylation is 1. The average molecular weight is 303 g/mol. The minimum atomic E-state index is -1.33. The fourth-order valence-electron chi connectivity index (χ4n) is 1.70. The van der Waals surface area contributed by atoms with Crippen LogP contribution in [0.15, 0.2) is 24.3 Å². The SMILES string of the molecule is Cc1ccc(F)c(C(=O)c2cc(F)c(F)cc2Cl)c1F. The van der Waals surface area contributed by atoms with E-state index in [0.29, 0.717) is 12.1 Å². The van der Waals surface area contributed by atoms with E-state index in [-0.39, 0.29) is 5.56 Å². The second kappa shape index (κ2) is 5.25. The molecule has 6 heteroatoms. The van der Waals surface area contributed by atoms with Crippen LogP contribution in [0.5, 0.6) is 0 Å². The molecule has 20 heavy (non-hydrogen) atoms. The van der Waals surface area contributed by atoms with E-state index < -0.39 is 45.2 Å². The van der Waals surface area contributed by atoms with Gasteiger partial charge in [-0.2, -0.15) is 0 Å². The number of hydrogen-bond acceptors (Lipinski definition) is 1. The number of benzene rings is 2. The van der Waals surface area contributed by atoms with Crippen LogP contribution in [0.2, 0.25) is 5.02 Å². The zero-order chi connectivity index (χ0) is 15.0. The summed E-state index contributed by atoms with van der Waals surface area (Å²) in [6.07, 6.45) is 0. The first-order valence-electron chi connectivity index (χ1n) is 5.46. The van der Waals surface area contributed by atoms with Crippen LogP contribution in [-0.4, -0.2) is 5.78 Å². The minimum Gasteiger partial charge on any atom is -0.288 e. The molecular weight excluding hydrogens is 296 g/mol. The summed E-state index contributed by atoms with van der Waals surface area (Å²) < 4.78 is 53.5. The minimum absolute atomic E-state index is 0.0495. The molecule has 0 saturated carbocycles. The summed E-state index contributed by atoms with van der Waals surface area (Å²) in [5.41, 5.74) is -1.31. The molecule has 0 aliphatic carbocycles. The number of rotatable bonds is 2. The summed E-state index contributed by atoms with van der Waals surface area (Å²) >= 11 is 5.62. The van der Waals surface area contributed by atoms with E-state index in [2.05, 4.69) is 0 Å². The standard InChI is InChI=1S/C14H7ClF4O/c1-6-2-3-9(16)12(13(6)19)14(20)7-4-10(17)11(18)5-8(7)15/h2-5H,1H3. The Morgan fingerprint density at radius 1 is 1.00 bits per heavy atom. The number of halogens is 5. The molecule has 0 unspecified atom stereocenters. The van der Waals surface area contributed by atoms with Crippen LogP contribution in [-0.2, 0) is 0 Å². The van der Waals surface area contributed by atoms with Crippen molar-refractivity contribution in [3.05, 3.63) is 69.2 Å². The number of carbonyl (C=O) groups excluding carboxylic acids is 1. The third-order valence-corrected chi connectivity index (χ3v) is 3.08. The van der Waals surface area contributed by atoms with E-state index in [1.807, 2.05) is 0 Å². The summed E-state index contributed by atoms with van der Waals surface area (Å²) in [4.78, 5) is 12.1. The Kier molecular flexibility index (Phi) is 3.81. The Bertz CT molecular complexity index is 713. The molecular formula is C14H7ClF4O. The molecule has 2 aromatic carbocycles. The van der Waals surface area contributed by atoms with Crippen LogP contribution in [0.1, 0.15) is 21.5 Å². The van der Waals surface area contributed by atoms with Crippen LogP contribution in [0.25, 0.3) is 0 Å². The lowest BCUT2D eigenvalue weighted by Gasteiger charge is -2.08. The molecule has 0 fully saturated rings. The van der Waals surface area contributed by atoms with Crippen molar-refractivity contribution in [2.75, 3.05) is 0 Å². The predicted molar refractivity (Wildman–Crippen MR) is 65.9 cm³/mol. The van der Waals surface area contributed by atoms with Crippen LogP contribution >= 0.6 is 11.6 Å². The number of ketones is 1. The van der Waals surface area contributed by atoms with Gasteiger partial charge in [-0.3, -0.25) is 4.79 Å². The van der Waals surface area contributed by atoms with Crippen molar-refractivity contribution in [1.29, 1.82) is 0 Å². The molecule has 0 spiro atoms. The number of carbonyl (C=O) groups is 1. The molecule has 0 radical (unpaired) electrons. The van der Waals surface area contributed by atoms with E-state index in [4.69, 9.17) is 11.6 Å². The average Bonchev–Trinajstić information content (AvgIpc) is 2.38. The van der Waals surface area contributed by atoms with Crippen molar-refractivity contribution < 1.29 is 22.4 Å². The summed E-state index contributed by atoms with van der Waals surface area (Å²) in [7, 11) is 0. The van der Waals surface area contributed by atoms with Crippen LogP contribution in [0, 0.1) is 30.2 Å². The monoisotopic (exact) mass is 302 g/mol. The highest BCUT2D eigenvalue weighted by Crippen LogP contribution is 2.26. The lowest BCUT2D eigenvalue weighted by Crippen LogP contribution is -2.10. The van der Waals surface area contributed by atoms with Gasteiger partial charge in [0.05, 0.1) is 10.6 Å². The number of hydrogen-bond donors (Lipinski definition) is 0. The van der Waals surface area contributed by atoms with Gasteiger partial charge in [0.1, 0.15) is 11.6 Å². The first-order chi connectivity index (χ1) is 9.32. The van der Waals surface area contributed by atoms with Crippen molar-refractivity contribution in [3.8, 4) is 0 Å². The maximum atomic E-state index is 13.8. The Balaban J connectivity index is 2.64. The first kappa shape index (κ1) is 14.5. The zero-order valence-electron chi connectivity index (χ0n) is 10.1. The molecule has 2 aromatic rings. The molecule has 0 saturated heterocycles. The van der Waals surface area contributed by atoms with Crippen molar-refractivity contribution >= 4 is 17.4 Å². The van der Waals surface area contributed by atoms with Gasteiger partial charge in [0.2, 0.25) is 5.78 Å². The summed E-state index contributed by atoms with van der Waals surface area (Å²) in [6.45, 7) is 1.35. The smallest absolute Gasteiger partial charge is 0.200 e. The third kappa shape index (κ3) is 2.41. The van der Waals surface area contributed by atoms with Gasteiger partial charge in [0, 0.05) is 5.56 Å². The molecule has 0 aliphatic heterocycles. The van der Waals surface area contributed by atoms with Gasteiger partial charge < -0.3 is 0 Å². The van der Waals surface area contributed by atoms with E-state index in [0.717, 1.165) is 12.1 Å². The summed E-state index contributed by atoms with van der Waals surface area (Å²) in [5.74, 6) is -5.88. The topological polar surface area (TPSA) is 17.1 Å². The molecule has 0 amide bonds. The molecule has 0 heterocycles. The van der Waals surface area contributed by atoms with Crippen LogP contribution < -0.4 is 0 Å².